The van der Waals surface area contributed by atoms with Crippen LogP contribution in [-0.2, 0) is 4.74 Å². The van der Waals surface area contributed by atoms with E-state index in [0.29, 0.717) is 11.5 Å². The monoisotopic (exact) mass is 224 g/mol. The molecule has 0 saturated carbocycles. The summed E-state index contributed by atoms with van der Waals surface area (Å²) in [5, 5.41) is 9.43. The summed E-state index contributed by atoms with van der Waals surface area (Å²) in [7, 11) is 1.51. The second kappa shape index (κ2) is 5.07. The van der Waals surface area contributed by atoms with Crippen molar-refractivity contribution in [3.63, 3.8) is 0 Å². The first kappa shape index (κ1) is 11.1. The number of phenols is 1. The lowest BCUT2D eigenvalue weighted by atomic mass is 10.2. The zero-order chi connectivity index (χ0) is 11.4. The number of phenolic OH excluding ortho intramolecular Hbond substituents is 1. The summed E-state index contributed by atoms with van der Waals surface area (Å²) in [6, 6.07) is 4.92. The van der Waals surface area contributed by atoms with Gasteiger partial charge in [0.05, 0.1) is 13.7 Å². The van der Waals surface area contributed by atoms with Crippen LogP contribution in [0.4, 0.5) is 0 Å². The van der Waals surface area contributed by atoms with Crippen LogP contribution in [0.2, 0.25) is 0 Å². The molecule has 1 atom stereocenters. The Morgan fingerprint density at radius 1 is 1.38 bits per heavy atom. The number of ether oxygens (including phenoxy) is 3. The van der Waals surface area contributed by atoms with E-state index in [1.807, 2.05) is 0 Å². The molecule has 16 heavy (non-hydrogen) atoms. The average Bonchev–Trinajstić information content (AvgIpc) is 2.33. The van der Waals surface area contributed by atoms with E-state index in [4.69, 9.17) is 14.2 Å². The van der Waals surface area contributed by atoms with Gasteiger partial charge >= 0.3 is 0 Å². The zero-order valence-electron chi connectivity index (χ0n) is 9.31. The number of aromatic hydroxyl groups is 1. The van der Waals surface area contributed by atoms with Gasteiger partial charge in [-0.25, -0.2) is 0 Å². The van der Waals surface area contributed by atoms with E-state index < -0.39 is 0 Å². The summed E-state index contributed by atoms with van der Waals surface area (Å²) in [5.74, 6) is 1.18. The molecule has 4 nitrogen and oxygen atoms in total. The van der Waals surface area contributed by atoms with Crippen LogP contribution in [-0.4, -0.2) is 25.1 Å². The molecule has 0 amide bonds. The lowest BCUT2D eigenvalue weighted by molar-refractivity contribution is -0.105. The van der Waals surface area contributed by atoms with Crippen LogP contribution in [0.1, 0.15) is 19.3 Å². The molecule has 1 heterocycles. The van der Waals surface area contributed by atoms with Crippen LogP contribution >= 0.6 is 0 Å². The van der Waals surface area contributed by atoms with Gasteiger partial charge in [0.15, 0.2) is 17.8 Å². The van der Waals surface area contributed by atoms with Crippen LogP contribution in [0.25, 0.3) is 0 Å². The van der Waals surface area contributed by atoms with Crippen molar-refractivity contribution in [2.24, 2.45) is 0 Å². The van der Waals surface area contributed by atoms with Gasteiger partial charge in [0.25, 0.3) is 0 Å². The van der Waals surface area contributed by atoms with Gasteiger partial charge in [0.1, 0.15) is 5.75 Å². The van der Waals surface area contributed by atoms with Crippen LogP contribution in [0, 0.1) is 0 Å². The lowest BCUT2D eigenvalue weighted by Gasteiger charge is -2.23. The predicted molar refractivity (Wildman–Crippen MR) is 58.9 cm³/mol. The molecule has 2 rings (SSSR count). The second-order valence-electron chi connectivity index (χ2n) is 3.75. The minimum absolute atomic E-state index is 0.111. The Bertz CT molecular complexity index is 345. The topological polar surface area (TPSA) is 47.9 Å². The quantitative estimate of drug-likeness (QED) is 0.855. The fourth-order valence-corrected chi connectivity index (χ4v) is 1.69. The highest BCUT2D eigenvalue weighted by Gasteiger charge is 2.15. The molecule has 1 unspecified atom stereocenters. The van der Waals surface area contributed by atoms with E-state index in [0.717, 1.165) is 25.9 Å². The molecule has 0 aliphatic carbocycles. The Kier molecular flexibility index (Phi) is 3.51. The number of benzene rings is 1. The van der Waals surface area contributed by atoms with Crippen molar-refractivity contribution in [1.29, 1.82) is 0 Å². The Hall–Kier alpha value is -1.42. The molecule has 1 aliphatic rings. The molecule has 0 bridgehead atoms. The highest BCUT2D eigenvalue weighted by molar-refractivity contribution is 5.44. The maximum atomic E-state index is 9.43. The van der Waals surface area contributed by atoms with E-state index in [1.165, 1.54) is 7.11 Å². The first-order valence-corrected chi connectivity index (χ1v) is 5.45. The molecule has 1 N–H and O–H groups in total. The first-order valence-electron chi connectivity index (χ1n) is 5.45. The molecule has 88 valence electrons. The maximum absolute atomic E-state index is 9.43. The molecule has 1 aliphatic heterocycles. The molecule has 1 aromatic carbocycles. The minimum atomic E-state index is -0.178. The van der Waals surface area contributed by atoms with E-state index in [1.54, 1.807) is 18.2 Å². The number of hydrogen-bond acceptors (Lipinski definition) is 4. The summed E-state index contributed by atoms with van der Waals surface area (Å²) >= 11 is 0. The molecule has 0 spiro atoms. The standard InChI is InChI=1S/C12H16O4/c1-14-11-8-9(5-6-10(11)13)16-12-4-2-3-7-15-12/h5-6,8,12-13H,2-4,7H2,1H3. The van der Waals surface area contributed by atoms with Crippen molar-refractivity contribution in [2.75, 3.05) is 13.7 Å². The molecule has 1 fully saturated rings. The average molecular weight is 224 g/mol. The van der Waals surface area contributed by atoms with E-state index in [9.17, 15) is 5.11 Å². The molecule has 1 saturated heterocycles. The van der Waals surface area contributed by atoms with Gasteiger partial charge in [-0.15, -0.1) is 0 Å². The van der Waals surface area contributed by atoms with Gasteiger partial charge in [0.2, 0.25) is 0 Å². The molecule has 1 aromatic rings. The van der Waals surface area contributed by atoms with Gasteiger partial charge < -0.3 is 19.3 Å². The first-order chi connectivity index (χ1) is 7.79. The smallest absolute Gasteiger partial charge is 0.199 e. The summed E-state index contributed by atoms with van der Waals surface area (Å²) in [6.45, 7) is 0.750. The number of rotatable bonds is 3. The fraction of sp³-hybridized carbons (Fsp3) is 0.500. The Labute approximate surface area is 94.8 Å². The molecule has 0 radical (unpaired) electrons. The van der Waals surface area contributed by atoms with Gasteiger partial charge in [-0.3, -0.25) is 0 Å². The summed E-state index contributed by atoms with van der Waals surface area (Å²) < 4.78 is 16.1. The minimum Gasteiger partial charge on any atom is -0.504 e. The Morgan fingerprint density at radius 2 is 2.25 bits per heavy atom. The second-order valence-corrected chi connectivity index (χ2v) is 3.75. The molecule has 0 aromatic heterocycles. The molecule has 4 heteroatoms. The zero-order valence-corrected chi connectivity index (χ0v) is 9.31. The third kappa shape index (κ3) is 2.58. The van der Waals surface area contributed by atoms with Crippen LogP contribution < -0.4 is 9.47 Å². The van der Waals surface area contributed by atoms with E-state index in [2.05, 4.69) is 0 Å². The van der Waals surface area contributed by atoms with Gasteiger partial charge in [-0.05, 0) is 25.0 Å². The number of methoxy groups -OCH3 is 1. The third-order valence-electron chi connectivity index (χ3n) is 2.56. The van der Waals surface area contributed by atoms with Crippen molar-refractivity contribution < 1.29 is 19.3 Å². The van der Waals surface area contributed by atoms with Crippen molar-refractivity contribution >= 4 is 0 Å². The molecular weight excluding hydrogens is 208 g/mol. The summed E-state index contributed by atoms with van der Waals surface area (Å²) in [5.41, 5.74) is 0. The summed E-state index contributed by atoms with van der Waals surface area (Å²) in [6.07, 6.45) is 2.95. The highest BCUT2D eigenvalue weighted by atomic mass is 16.7. The Balaban J connectivity index is 2.03. The highest BCUT2D eigenvalue weighted by Crippen LogP contribution is 2.31. The summed E-state index contributed by atoms with van der Waals surface area (Å²) in [4.78, 5) is 0. The van der Waals surface area contributed by atoms with Gasteiger partial charge in [-0.2, -0.15) is 0 Å². The van der Waals surface area contributed by atoms with Crippen LogP contribution in [0.3, 0.4) is 0 Å². The van der Waals surface area contributed by atoms with Crippen LogP contribution in [0.15, 0.2) is 18.2 Å². The third-order valence-corrected chi connectivity index (χ3v) is 2.56. The van der Waals surface area contributed by atoms with Gasteiger partial charge in [-0.1, -0.05) is 0 Å². The lowest BCUT2D eigenvalue weighted by Crippen LogP contribution is -2.24. The van der Waals surface area contributed by atoms with Crippen LogP contribution in [0.5, 0.6) is 17.2 Å². The van der Waals surface area contributed by atoms with Crippen molar-refractivity contribution in [2.45, 2.75) is 25.6 Å². The van der Waals surface area contributed by atoms with Crippen molar-refractivity contribution in [3.05, 3.63) is 18.2 Å². The Morgan fingerprint density at radius 3 is 2.94 bits per heavy atom. The largest absolute Gasteiger partial charge is 0.504 e. The van der Waals surface area contributed by atoms with Crippen molar-refractivity contribution in [1.82, 2.24) is 0 Å². The van der Waals surface area contributed by atoms with E-state index >= 15 is 0 Å². The van der Waals surface area contributed by atoms with Gasteiger partial charge in [0, 0.05) is 12.5 Å². The van der Waals surface area contributed by atoms with E-state index in [-0.39, 0.29) is 12.0 Å². The maximum Gasteiger partial charge on any atom is 0.199 e. The molecular formula is C12H16O4. The number of hydrogen-bond donors (Lipinski definition) is 1. The predicted octanol–water partition coefficient (Wildman–Crippen LogP) is 2.31. The fourth-order valence-electron chi connectivity index (χ4n) is 1.69. The normalized spacial score (nSPS) is 20.4. The van der Waals surface area contributed by atoms with Crippen molar-refractivity contribution in [3.8, 4) is 17.2 Å². The SMILES string of the molecule is COc1cc(OC2CCCCO2)ccc1O.